The van der Waals surface area contributed by atoms with Crippen LogP contribution in [0.25, 0.3) is 5.65 Å². The number of hydrogen-bond acceptors (Lipinski definition) is 6. The first-order valence-corrected chi connectivity index (χ1v) is 10.0. The number of morpholine rings is 1. The number of fused-ring (bicyclic) bond motifs is 2. The van der Waals surface area contributed by atoms with Crippen molar-refractivity contribution >= 4 is 28.8 Å². The molecule has 1 aromatic carbocycles. The second-order valence-corrected chi connectivity index (χ2v) is 7.35. The second-order valence-electron chi connectivity index (χ2n) is 7.35. The Bertz CT molecular complexity index is 1130. The predicted molar refractivity (Wildman–Crippen MR) is 111 cm³/mol. The number of benzene rings is 1. The van der Waals surface area contributed by atoms with E-state index in [-0.39, 0.29) is 11.8 Å². The molecule has 9 heteroatoms. The van der Waals surface area contributed by atoms with Gasteiger partial charge in [0.15, 0.2) is 5.65 Å². The molecule has 0 aliphatic carbocycles. The average Bonchev–Trinajstić information content (AvgIpc) is 3.35. The van der Waals surface area contributed by atoms with Crippen LogP contribution in [0.15, 0.2) is 36.8 Å². The topological polar surface area (TPSA) is 92.1 Å². The van der Waals surface area contributed by atoms with Crippen LogP contribution in [0.2, 0.25) is 0 Å². The molecule has 2 aromatic heterocycles. The van der Waals surface area contributed by atoms with Gasteiger partial charge in [0, 0.05) is 44.1 Å². The largest absolute Gasteiger partial charge is 0.378 e. The molecule has 154 valence electrons. The molecule has 0 atom stereocenters. The molecule has 0 radical (unpaired) electrons. The lowest BCUT2D eigenvalue weighted by atomic mass is 10.1. The number of amides is 2. The zero-order chi connectivity index (χ0) is 20.7. The van der Waals surface area contributed by atoms with Gasteiger partial charge in [0.25, 0.3) is 11.8 Å². The van der Waals surface area contributed by atoms with E-state index in [1.54, 1.807) is 27.9 Å². The van der Waals surface area contributed by atoms with Gasteiger partial charge in [-0.15, -0.1) is 0 Å². The third-order valence-corrected chi connectivity index (χ3v) is 5.61. The lowest BCUT2D eigenvalue weighted by Crippen LogP contribution is -2.37. The Morgan fingerprint density at radius 1 is 1.27 bits per heavy atom. The Morgan fingerprint density at radius 3 is 2.90 bits per heavy atom. The summed E-state index contributed by atoms with van der Waals surface area (Å²) in [4.78, 5) is 34.0. The highest BCUT2D eigenvalue weighted by molar-refractivity contribution is 6.10. The Balaban J connectivity index is 1.53. The molecule has 30 heavy (non-hydrogen) atoms. The minimum atomic E-state index is -0.283. The highest BCUT2D eigenvalue weighted by Gasteiger charge is 2.30. The number of carbonyl (C=O) groups excluding carboxylic acids is 2. The predicted octanol–water partition coefficient (Wildman–Crippen LogP) is 1.79. The average molecular weight is 406 g/mol. The number of nitrogens with zero attached hydrogens (tertiary/aromatic N) is 5. The van der Waals surface area contributed by atoms with Crippen LogP contribution in [0.1, 0.15) is 33.2 Å². The van der Waals surface area contributed by atoms with Crippen molar-refractivity contribution in [1.29, 1.82) is 0 Å². The van der Waals surface area contributed by atoms with E-state index < -0.39 is 0 Å². The second kappa shape index (κ2) is 7.42. The molecule has 1 fully saturated rings. The standard InChI is InChI=1S/C21H22N6O3/c1-2-25-13-14-10-17(18(11-15(14)21(25)29)26-6-8-30-9-7-26)24-20(28)16-12-23-27-5-3-4-22-19(16)27/h3-5,10-12H,2,6-9,13H2,1H3,(H,24,28). The summed E-state index contributed by atoms with van der Waals surface area (Å²) in [7, 11) is 0. The lowest BCUT2D eigenvalue weighted by molar-refractivity contribution is 0.0787. The molecule has 4 heterocycles. The molecular weight excluding hydrogens is 384 g/mol. The molecule has 2 amide bonds. The maximum atomic E-state index is 13.1. The summed E-state index contributed by atoms with van der Waals surface area (Å²) in [6, 6.07) is 5.59. The van der Waals surface area contributed by atoms with E-state index in [0.29, 0.717) is 61.9 Å². The summed E-state index contributed by atoms with van der Waals surface area (Å²) in [6.45, 7) is 5.78. The monoisotopic (exact) mass is 406 g/mol. The molecule has 9 nitrogen and oxygen atoms in total. The zero-order valence-electron chi connectivity index (χ0n) is 16.7. The zero-order valence-corrected chi connectivity index (χ0v) is 16.7. The lowest BCUT2D eigenvalue weighted by Gasteiger charge is -2.31. The first-order chi connectivity index (χ1) is 14.7. The van der Waals surface area contributed by atoms with Crippen molar-refractivity contribution in [2.24, 2.45) is 0 Å². The Labute approximate surface area is 173 Å². The summed E-state index contributed by atoms with van der Waals surface area (Å²) in [6.07, 6.45) is 4.90. The molecule has 0 saturated carbocycles. The molecule has 2 aliphatic heterocycles. The van der Waals surface area contributed by atoms with Crippen molar-refractivity contribution in [2.45, 2.75) is 13.5 Å². The summed E-state index contributed by atoms with van der Waals surface area (Å²) in [5.74, 6) is -0.249. The van der Waals surface area contributed by atoms with E-state index in [1.807, 2.05) is 19.1 Å². The van der Waals surface area contributed by atoms with E-state index in [9.17, 15) is 9.59 Å². The number of hydrogen-bond donors (Lipinski definition) is 1. The van der Waals surface area contributed by atoms with Crippen molar-refractivity contribution in [3.8, 4) is 0 Å². The fraction of sp³-hybridized carbons (Fsp3) is 0.333. The fourth-order valence-corrected chi connectivity index (χ4v) is 4.01. The van der Waals surface area contributed by atoms with Crippen LogP contribution in [-0.4, -0.2) is 64.2 Å². The van der Waals surface area contributed by atoms with Crippen LogP contribution in [0.3, 0.4) is 0 Å². The number of ether oxygens (including phenoxy) is 1. The molecule has 0 bridgehead atoms. The number of anilines is 2. The first-order valence-electron chi connectivity index (χ1n) is 10.0. The van der Waals surface area contributed by atoms with Gasteiger partial charge in [-0.25, -0.2) is 9.50 Å². The first kappa shape index (κ1) is 18.6. The van der Waals surface area contributed by atoms with Crippen LogP contribution in [0.5, 0.6) is 0 Å². The molecule has 0 spiro atoms. The number of rotatable bonds is 4. The van der Waals surface area contributed by atoms with Gasteiger partial charge >= 0.3 is 0 Å². The van der Waals surface area contributed by atoms with Crippen molar-refractivity contribution in [1.82, 2.24) is 19.5 Å². The fourth-order valence-electron chi connectivity index (χ4n) is 4.01. The van der Waals surface area contributed by atoms with Crippen LogP contribution in [-0.2, 0) is 11.3 Å². The Hall–Kier alpha value is -3.46. The summed E-state index contributed by atoms with van der Waals surface area (Å²) >= 11 is 0. The van der Waals surface area contributed by atoms with E-state index >= 15 is 0 Å². The van der Waals surface area contributed by atoms with E-state index in [4.69, 9.17) is 4.74 Å². The van der Waals surface area contributed by atoms with Gasteiger partial charge < -0.3 is 19.9 Å². The Morgan fingerprint density at radius 2 is 2.10 bits per heavy atom. The Kier molecular flexibility index (Phi) is 4.59. The van der Waals surface area contributed by atoms with Crippen LogP contribution >= 0.6 is 0 Å². The number of nitrogens with one attached hydrogen (secondary N) is 1. The summed E-state index contributed by atoms with van der Waals surface area (Å²) in [5, 5.41) is 7.23. The van der Waals surface area contributed by atoms with E-state index in [1.165, 1.54) is 6.20 Å². The van der Waals surface area contributed by atoms with Crippen molar-refractivity contribution in [2.75, 3.05) is 43.1 Å². The third kappa shape index (κ3) is 3.07. The van der Waals surface area contributed by atoms with Crippen LogP contribution in [0, 0.1) is 0 Å². The molecule has 1 saturated heterocycles. The minimum absolute atomic E-state index is 0.0340. The molecule has 0 unspecified atom stereocenters. The van der Waals surface area contributed by atoms with Gasteiger partial charge in [-0.1, -0.05) is 0 Å². The van der Waals surface area contributed by atoms with Gasteiger partial charge in [0.05, 0.1) is 30.8 Å². The van der Waals surface area contributed by atoms with Crippen LogP contribution < -0.4 is 10.2 Å². The van der Waals surface area contributed by atoms with Gasteiger partial charge in [-0.05, 0) is 30.7 Å². The van der Waals surface area contributed by atoms with Gasteiger partial charge in [0.2, 0.25) is 0 Å². The number of carbonyl (C=O) groups is 2. The third-order valence-electron chi connectivity index (χ3n) is 5.61. The molecule has 1 N–H and O–H groups in total. The van der Waals surface area contributed by atoms with Gasteiger partial charge in [-0.2, -0.15) is 5.10 Å². The minimum Gasteiger partial charge on any atom is -0.378 e. The van der Waals surface area contributed by atoms with E-state index in [0.717, 1.165) is 11.3 Å². The summed E-state index contributed by atoms with van der Waals surface area (Å²) < 4.78 is 7.04. The summed E-state index contributed by atoms with van der Waals surface area (Å²) in [5.41, 5.74) is 4.04. The van der Waals surface area contributed by atoms with Crippen molar-refractivity contribution in [3.63, 3.8) is 0 Å². The van der Waals surface area contributed by atoms with Crippen LogP contribution in [0.4, 0.5) is 11.4 Å². The smallest absolute Gasteiger partial charge is 0.261 e. The highest BCUT2D eigenvalue weighted by atomic mass is 16.5. The van der Waals surface area contributed by atoms with E-state index in [2.05, 4.69) is 20.3 Å². The van der Waals surface area contributed by atoms with Crippen molar-refractivity contribution in [3.05, 3.63) is 53.5 Å². The quantitative estimate of drug-likeness (QED) is 0.710. The maximum absolute atomic E-state index is 13.1. The van der Waals surface area contributed by atoms with Gasteiger partial charge in [-0.3, -0.25) is 9.59 Å². The highest BCUT2D eigenvalue weighted by Crippen LogP contribution is 2.35. The molecular formula is C21H22N6O3. The molecule has 2 aliphatic rings. The number of aromatic nitrogens is 3. The maximum Gasteiger partial charge on any atom is 0.261 e. The SMILES string of the molecule is CCN1Cc2cc(NC(=O)c3cnn4cccnc34)c(N3CCOCC3)cc2C1=O. The molecule has 5 rings (SSSR count). The van der Waals surface area contributed by atoms with Gasteiger partial charge in [0.1, 0.15) is 5.56 Å². The normalized spacial score (nSPS) is 16.2. The molecule has 3 aromatic rings. The van der Waals surface area contributed by atoms with Crippen molar-refractivity contribution < 1.29 is 14.3 Å².